The Kier molecular flexibility index (Phi) is 6.60. The van der Waals surface area contributed by atoms with Crippen molar-refractivity contribution in [3.05, 3.63) is 60.6 Å². The molecule has 0 heterocycles. The van der Waals surface area contributed by atoms with Gasteiger partial charge in [-0.3, -0.25) is 25.0 Å². The van der Waals surface area contributed by atoms with E-state index in [0.29, 0.717) is 5.02 Å². The molecule has 0 spiro atoms. The summed E-state index contributed by atoms with van der Waals surface area (Å²) in [6.07, 6.45) is -1.07. The number of nitro benzene ring substituents is 2. The van der Waals surface area contributed by atoms with Gasteiger partial charge in [-0.25, -0.2) is 0 Å². The SMILES string of the molecule is COc1c([N+](=O)[O-])cc(NC(=O)[C@H](C)Oc2ccc(Cl)cc2Cl)cc1[N+](=O)[O-]. The fraction of sp³-hybridized carbons (Fsp3) is 0.188. The lowest BCUT2D eigenvalue weighted by atomic mass is 10.2. The van der Waals surface area contributed by atoms with E-state index in [9.17, 15) is 25.0 Å². The van der Waals surface area contributed by atoms with Crippen LogP contribution in [0.5, 0.6) is 11.5 Å². The molecule has 12 heteroatoms. The van der Waals surface area contributed by atoms with Crippen LogP contribution in [-0.2, 0) is 4.79 Å². The van der Waals surface area contributed by atoms with Crippen molar-refractivity contribution in [2.75, 3.05) is 12.4 Å². The van der Waals surface area contributed by atoms with Gasteiger partial charge in [0, 0.05) is 17.2 Å². The predicted octanol–water partition coefficient (Wildman–Crippen LogP) is 4.22. The van der Waals surface area contributed by atoms with Crippen LogP contribution in [0.3, 0.4) is 0 Å². The number of nitrogens with one attached hydrogen (secondary N) is 1. The molecule has 1 amide bonds. The first-order valence-corrected chi connectivity index (χ1v) is 8.33. The second kappa shape index (κ2) is 8.72. The average Bonchev–Trinajstić information content (AvgIpc) is 2.62. The normalized spacial score (nSPS) is 11.4. The molecule has 0 aliphatic carbocycles. The minimum absolute atomic E-state index is 0.165. The Labute approximate surface area is 168 Å². The number of benzene rings is 2. The highest BCUT2D eigenvalue weighted by Gasteiger charge is 2.29. The molecule has 0 saturated carbocycles. The van der Waals surface area contributed by atoms with E-state index in [1.807, 2.05) is 0 Å². The number of nitrogens with zero attached hydrogens (tertiary/aromatic N) is 2. The largest absolute Gasteiger partial charge is 0.485 e. The first-order chi connectivity index (χ1) is 13.1. The third-order valence-electron chi connectivity index (χ3n) is 3.48. The molecule has 0 saturated heterocycles. The molecule has 0 radical (unpaired) electrons. The van der Waals surface area contributed by atoms with E-state index in [2.05, 4.69) is 5.32 Å². The van der Waals surface area contributed by atoms with Crippen LogP contribution in [0.2, 0.25) is 10.0 Å². The third kappa shape index (κ3) is 4.78. The first-order valence-electron chi connectivity index (χ1n) is 7.57. The highest BCUT2D eigenvalue weighted by molar-refractivity contribution is 6.35. The lowest BCUT2D eigenvalue weighted by Gasteiger charge is -2.16. The summed E-state index contributed by atoms with van der Waals surface area (Å²) in [5.74, 6) is -1.04. The number of rotatable bonds is 7. The molecule has 2 aromatic carbocycles. The van der Waals surface area contributed by atoms with E-state index >= 15 is 0 Å². The monoisotopic (exact) mass is 429 g/mol. The van der Waals surface area contributed by atoms with Gasteiger partial charge in [0.05, 0.1) is 27.7 Å². The summed E-state index contributed by atoms with van der Waals surface area (Å²) in [4.78, 5) is 33.0. The quantitative estimate of drug-likeness (QED) is 0.513. The van der Waals surface area contributed by atoms with Gasteiger partial charge in [0.2, 0.25) is 0 Å². The van der Waals surface area contributed by atoms with Gasteiger partial charge in [0.25, 0.3) is 11.7 Å². The van der Waals surface area contributed by atoms with Gasteiger partial charge < -0.3 is 14.8 Å². The van der Waals surface area contributed by atoms with Crippen LogP contribution in [0.15, 0.2) is 30.3 Å². The fourth-order valence-electron chi connectivity index (χ4n) is 2.21. The minimum Gasteiger partial charge on any atom is -0.485 e. The van der Waals surface area contributed by atoms with Crippen LogP contribution in [0.25, 0.3) is 0 Å². The topological polar surface area (TPSA) is 134 Å². The zero-order valence-electron chi connectivity index (χ0n) is 14.5. The number of carbonyl (C=O) groups excluding carboxylic acids is 1. The predicted molar refractivity (Wildman–Crippen MR) is 101 cm³/mol. The summed E-state index contributed by atoms with van der Waals surface area (Å²) in [5, 5.41) is 25.2. The number of amides is 1. The zero-order valence-corrected chi connectivity index (χ0v) is 16.0. The number of ether oxygens (including phenoxy) is 2. The Morgan fingerprint density at radius 2 is 1.68 bits per heavy atom. The number of methoxy groups -OCH3 is 1. The van der Waals surface area contributed by atoms with Crippen molar-refractivity contribution in [2.24, 2.45) is 0 Å². The molecule has 1 atom stereocenters. The van der Waals surface area contributed by atoms with Gasteiger partial charge in [0.1, 0.15) is 5.75 Å². The molecule has 0 aliphatic rings. The highest BCUT2D eigenvalue weighted by Crippen LogP contribution is 2.39. The summed E-state index contributed by atoms with van der Waals surface area (Å²) >= 11 is 11.8. The van der Waals surface area contributed by atoms with Gasteiger partial charge in [0.15, 0.2) is 6.10 Å². The Balaban J connectivity index is 2.27. The van der Waals surface area contributed by atoms with Crippen molar-refractivity contribution in [1.82, 2.24) is 0 Å². The summed E-state index contributed by atoms with van der Waals surface area (Å²) in [7, 11) is 1.07. The lowest BCUT2D eigenvalue weighted by Crippen LogP contribution is -2.30. The maximum atomic E-state index is 12.3. The highest BCUT2D eigenvalue weighted by atomic mass is 35.5. The molecule has 0 fully saturated rings. The second-order valence-electron chi connectivity index (χ2n) is 5.39. The van der Waals surface area contributed by atoms with Crippen molar-refractivity contribution in [3.8, 4) is 11.5 Å². The second-order valence-corrected chi connectivity index (χ2v) is 6.23. The summed E-state index contributed by atoms with van der Waals surface area (Å²) in [6.45, 7) is 1.41. The molecule has 0 bridgehead atoms. The standard InChI is InChI=1S/C16H13Cl2N3O7/c1-8(28-14-4-3-9(17)5-11(14)18)16(22)19-10-6-12(20(23)24)15(27-2)13(7-10)21(25)26/h3-8H,1-2H3,(H,19,22)/t8-/m0/s1. The number of nitro groups is 2. The molecule has 1 N–H and O–H groups in total. The molecule has 2 rings (SSSR count). The molecule has 10 nitrogen and oxygen atoms in total. The van der Waals surface area contributed by atoms with Crippen molar-refractivity contribution < 1.29 is 24.1 Å². The van der Waals surface area contributed by atoms with Crippen LogP contribution in [0.1, 0.15) is 6.92 Å². The number of anilines is 1. The smallest absolute Gasteiger partial charge is 0.320 e. The van der Waals surface area contributed by atoms with Gasteiger partial charge in [-0.1, -0.05) is 23.2 Å². The summed E-state index contributed by atoms with van der Waals surface area (Å²) in [5.41, 5.74) is -1.50. The summed E-state index contributed by atoms with van der Waals surface area (Å²) < 4.78 is 10.2. The van der Waals surface area contributed by atoms with E-state index in [-0.39, 0.29) is 16.5 Å². The molecular formula is C16H13Cl2N3O7. The maximum absolute atomic E-state index is 12.3. The molecular weight excluding hydrogens is 417 g/mol. The van der Waals surface area contributed by atoms with Crippen LogP contribution >= 0.6 is 23.2 Å². The minimum atomic E-state index is -1.07. The molecule has 0 aromatic heterocycles. The molecule has 2 aromatic rings. The Morgan fingerprint density at radius 1 is 1.11 bits per heavy atom. The van der Waals surface area contributed by atoms with E-state index in [1.54, 1.807) is 0 Å². The average molecular weight is 430 g/mol. The molecule has 0 unspecified atom stereocenters. The summed E-state index contributed by atoms with van der Waals surface area (Å²) in [6, 6.07) is 6.32. The van der Waals surface area contributed by atoms with Crippen molar-refractivity contribution in [3.63, 3.8) is 0 Å². The van der Waals surface area contributed by atoms with E-state index in [0.717, 1.165) is 19.2 Å². The Hall–Kier alpha value is -3.11. The number of halogens is 2. The maximum Gasteiger partial charge on any atom is 0.320 e. The van der Waals surface area contributed by atoms with Crippen LogP contribution in [0, 0.1) is 20.2 Å². The van der Waals surface area contributed by atoms with Crippen molar-refractivity contribution >= 4 is 46.2 Å². The van der Waals surface area contributed by atoms with E-state index < -0.39 is 39.0 Å². The number of hydrogen-bond donors (Lipinski definition) is 1. The van der Waals surface area contributed by atoms with Crippen molar-refractivity contribution in [2.45, 2.75) is 13.0 Å². The van der Waals surface area contributed by atoms with Gasteiger partial charge in [-0.05, 0) is 25.1 Å². The van der Waals surface area contributed by atoms with Crippen molar-refractivity contribution in [1.29, 1.82) is 0 Å². The van der Waals surface area contributed by atoms with Crippen LogP contribution < -0.4 is 14.8 Å². The third-order valence-corrected chi connectivity index (χ3v) is 4.01. The molecule has 0 aliphatic heterocycles. The number of hydrogen-bond acceptors (Lipinski definition) is 7. The zero-order chi connectivity index (χ0) is 21.0. The first kappa shape index (κ1) is 21.2. The Bertz CT molecular complexity index is 917. The van der Waals surface area contributed by atoms with E-state index in [4.69, 9.17) is 32.7 Å². The van der Waals surface area contributed by atoms with Crippen LogP contribution in [0.4, 0.5) is 17.1 Å². The van der Waals surface area contributed by atoms with E-state index in [1.165, 1.54) is 25.1 Å². The van der Waals surface area contributed by atoms with Gasteiger partial charge in [-0.2, -0.15) is 0 Å². The molecule has 28 heavy (non-hydrogen) atoms. The lowest BCUT2D eigenvalue weighted by molar-refractivity contribution is -0.395. The van der Waals surface area contributed by atoms with Gasteiger partial charge >= 0.3 is 11.4 Å². The molecule has 148 valence electrons. The fourth-order valence-corrected chi connectivity index (χ4v) is 2.66. The Morgan fingerprint density at radius 3 is 2.14 bits per heavy atom. The van der Waals surface area contributed by atoms with Gasteiger partial charge in [-0.15, -0.1) is 0 Å². The van der Waals surface area contributed by atoms with Crippen LogP contribution in [-0.4, -0.2) is 29.0 Å². The number of carbonyl (C=O) groups is 1.